The number of carbonyl (C=O) groups is 2. The number of ketones is 1. The lowest BCUT2D eigenvalue weighted by atomic mass is 9.94. The van der Waals surface area contributed by atoms with Crippen molar-refractivity contribution in [3.63, 3.8) is 0 Å². The molecule has 1 aliphatic rings. The summed E-state index contributed by atoms with van der Waals surface area (Å²) in [6, 6.07) is 1.78. The number of aryl methyl sites for hydroxylation is 1. The summed E-state index contributed by atoms with van der Waals surface area (Å²) in [5.74, 6) is -0.402. The molecule has 6 heteroatoms. The Bertz CT molecular complexity index is 623. The first kappa shape index (κ1) is 13.8. The minimum absolute atomic E-state index is 0.00607. The molecule has 1 aromatic heterocycles. The highest BCUT2D eigenvalue weighted by atomic mass is 16.4. The van der Waals surface area contributed by atoms with Crippen molar-refractivity contribution in [2.24, 2.45) is 7.05 Å². The van der Waals surface area contributed by atoms with Crippen LogP contribution < -0.4 is 5.32 Å². The molecule has 0 aliphatic heterocycles. The van der Waals surface area contributed by atoms with Gasteiger partial charge in [-0.3, -0.25) is 14.3 Å². The molecule has 1 aromatic rings. The molecular formula is C14H15N3O3. The Morgan fingerprint density at radius 2 is 2.35 bits per heavy atom. The van der Waals surface area contributed by atoms with Crippen LogP contribution in [-0.2, 0) is 16.6 Å². The van der Waals surface area contributed by atoms with E-state index in [1.54, 1.807) is 42.3 Å². The average Bonchev–Trinajstić information content (AvgIpc) is 2.81. The van der Waals surface area contributed by atoms with E-state index in [0.29, 0.717) is 23.4 Å². The minimum Gasteiger partial charge on any atom is -0.481 e. The number of aromatic nitrogens is 2. The maximum atomic E-state index is 11.9. The molecule has 0 amide bonds. The van der Waals surface area contributed by atoms with Crippen molar-refractivity contribution in [3.05, 3.63) is 47.8 Å². The molecule has 0 saturated heterocycles. The summed E-state index contributed by atoms with van der Waals surface area (Å²) in [6.07, 6.45) is 8.52. The summed E-state index contributed by atoms with van der Waals surface area (Å²) in [5, 5.41) is 15.8. The van der Waals surface area contributed by atoms with E-state index >= 15 is 0 Å². The zero-order valence-electron chi connectivity index (χ0n) is 11.0. The fourth-order valence-corrected chi connectivity index (χ4v) is 1.85. The summed E-state index contributed by atoms with van der Waals surface area (Å²) >= 11 is 0. The minimum atomic E-state index is -0.884. The predicted molar refractivity (Wildman–Crippen MR) is 74.0 cm³/mol. The monoisotopic (exact) mass is 273 g/mol. The molecule has 20 heavy (non-hydrogen) atoms. The molecule has 6 nitrogen and oxygen atoms in total. The van der Waals surface area contributed by atoms with Crippen LogP contribution in [-0.4, -0.2) is 26.6 Å². The van der Waals surface area contributed by atoms with Crippen LogP contribution in [0.5, 0.6) is 0 Å². The second-order valence-corrected chi connectivity index (χ2v) is 4.39. The Kier molecular flexibility index (Phi) is 4.14. The standard InChI is InChI=1S/C14H15N3O3/c1-17-8-7-13(16-17)15-9-11-10(5-6-14(19)20)3-2-4-12(11)18/h2-4,7-9H,5-6H2,1H3,(H,15,16)(H,19,20). The van der Waals surface area contributed by atoms with Gasteiger partial charge >= 0.3 is 5.97 Å². The van der Waals surface area contributed by atoms with Crippen LogP contribution in [0.25, 0.3) is 0 Å². The van der Waals surface area contributed by atoms with Gasteiger partial charge in [0.2, 0.25) is 0 Å². The van der Waals surface area contributed by atoms with Crippen molar-refractivity contribution >= 4 is 17.6 Å². The number of carboxylic acid groups (broad SMARTS) is 1. The highest BCUT2D eigenvalue weighted by Crippen LogP contribution is 2.21. The van der Waals surface area contributed by atoms with Crippen LogP contribution in [0.2, 0.25) is 0 Å². The van der Waals surface area contributed by atoms with Crippen molar-refractivity contribution in [1.29, 1.82) is 0 Å². The van der Waals surface area contributed by atoms with Crippen LogP contribution in [0.3, 0.4) is 0 Å². The Hall–Kier alpha value is -2.63. The molecule has 0 radical (unpaired) electrons. The maximum Gasteiger partial charge on any atom is 0.303 e. The zero-order valence-corrected chi connectivity index (χ0v) is 11.0. The van der Waals surface area contributed by atoms with Crippen LogP contribution >= 0.6 is 0 Å². The first-order valence-corrected chi connectivity index (χ1v) is 6.16. The molecule has 0 fully saturated rings. The SMILES string of the molecule is Cn1ccc(NC=C2C(=O)C=CC=C2CCC(=O)O)n1. The Balaban J connectivity index is 2.13. The molecular weight excluding hydrogens is 258 g/mol. The lowest BCUT2D eigenvalue weighted by Crippen LogP contribution is -2.09. The van der Waals surface area contributed by atoms with E-state index in [1.807, 2.05) is 0 Å². The number of hydrogen-bond acceptors (Lipinski definition) is 4. The summed E-state index contributed by atoms with van der Waals surface area (Å²) in [5.41, 5.74) is 1.18. The third kappa shape index (κ3) is 3.44. The fraction of sp³-hybridized carbons (Fsp3) is 0.214. The number of allylic oxidation sites excluding steroid dienone is 5. The van der Waals surface area contributed by atoms with Gasteiger partial charge in [0.05, 0.1) is 0 Å². The van der Waals surface area contributed by atoms with Crippen molar-refractivity contribution in [1.82, 2.24) is 9.78 Å². The molecule has 0 aromatic carbocycles. The third-order valence-electron chi connectivity index (χ3n) is 2.84. The summed E-state index contributed by atoms with van der Waals surface area (Å²) in [6.45, 7) is 0. The molecule has 104 valence electrons. The van der Waals surface area contributed by atoms with Crippen LogP contribution in [0, 0.1) is 0 Å². The topological polar surface area (TPSA) is 84.2 Å². The Morgan fingerprint density at radius 1 is 1.55 bits per heavy atom. The van der Waals surface area contributed by atoms with Crippen LogP contribution in [0.15, 0.2) is 47.8 Å². The van der Waals surface area contributed by atoms with Crippen molar-refractivity contribution in [3.8, 4) is 0 Å². The van der Waals surface area contributed by atoms with E-state index in [2.05, 4.69) is 10.4 Å². The first-order chi connectivity index (χ1) is 9.56. The quantitative estimate of drug-likeness (QED) is 0.797. The number of aliphatic carboxylic acids is 1. The van der Waals surface area contributed by atoms with Crippen LogP contribution in [0.1, 0.15) is 12.8 Å². The van der Waals surface area contributed by atoms with E-state index in [4.69, 9.17) is 5.11 Å². The molecule has 1 aliphatic carbocycles. The molecule has 0 unspecified atom stereocenters. The molecule has 0 atom stereocenters. The van der Waals surface area contributed by atoms with Gasteiger partial charge in [-0.1, -0.05) is 12.2 Å². The number of anilines is 1. The molecule has 2 rings (SSSR count). The second-order valence-electron chi connectivity index (χ2n) is 4.39. The number of carbonyl (C=O) groups excluding carboxylic acids is 1. The number of nitrogens with one attached hydrogen (secondary N) is 1. The summed E-state index contributed by atoms with van der Waals surface area (Å²) in [7, 11) is 1.80. The fourth-order valence-electron chi connectivity index (χ4n) is 1.85. The van der Waals surface area contributed by atoms with Gasteiger partial charge in [-0.2, -0.15) is 5.10 Å². The van der Waals surface area contributed by atoms with Gasteiger partial charge in [0.15, 0.2) is 11.6 Å². The number of nitrogens with zero attached hydrogens (tertiary/aromatic N) is 2. The third-order valence-corrected chi connectivity index (χ3v) is 2.84. The van der Waals surface area contributed by atoms with E-state index in [1.165, 1.54) is 6.08 Å². The van der Waals surface area contributed by atoms with E-state index in [-0.39, 0.29) is 12.2 Å². The predicted octanol–water partition coefficient (Wildman–Crippen LogP) is 1.65. The lowest BCUT2D eigenvalue weighted by molar-refractivity contribution is -0.137. The van der Waals surface area contributed by atoms with Gasteiger partial charge in [-0.15, -0.1) is 0 Å². The van der Waals surface area contributed by atoms with Gasteiger partial charge in [-0.25, -0.2) is 0 Å². The number of rotatable bonds is 5. The molecule has 1 heterocycles. The molecule has 0 saturated carbocycles. The van der Waals surface area contributed by atoms with Crippen molar-refractivity contribution in [2.75, 3.05) is 5.32 Å². The van der Waals surface area contributed by atoms with Gasteiger partial charge in [0.1, 0.15) is 0 Å². The highest BCUT2D eigenvalue weighted by Gasteiger charge is 2.16. The van der Waals surface area contributed by atoms with Crippen LogP contribution in [0.4, 0.5) is 5.82 Å². The molecule has 2 N–H and O–H groups in total. The average molecular weight is 273 g/mol. The number of carboxylic acids is 1. The van der Waals surface area contributed by atoms with E-state index < -0.39 is 5.97 Å². The number of hydrogen-bond donors (Lipinski definition) is 2. The van der Waals surface area contributed by atoms with E-state index in [9.17, 15) is 9.59 Å². The Labute approximate surface area is 116 Å². The normalized spacial score (nSPS) is 16.4. The maximum absolute atomic E-state index is 11.9. The molecule has 0 spiro atoms. The lowest BCUT2D eigenvalue weighted by Gasteiger charge is -2.11. The first-order valence-electron chi connectivity index (χ1n) is 6.16. The van der Waals surface area contributed by atoms with Crippen molar-refractivity contribution in [2.45, 2.75) is 12.8 Å². The van der Waals surface area contributed by atoms with Gasteiger partial charge in [0, 0.05) is 37.5 Å². The Morgan fingerprint density at radius 3 is 3.00 bits per heavy atom. The largest absolute Gasteiger partial charge is 0.481 e. The summed E-state index contributed by atoms with van der Waals surface area (Å²) < 4.78 is 1.64. The highest BCUT2D eigenvalue weighted by molar-refractivity contribution is 6.08. The zero-order chi connectivity index (χ0) is 14.5. The molecule has 0 bridgehead atoms. The smallest absolute Gasteiger partial charge is 0.303 e. The second kappa shape index (κ2) is 6.01. The summed E-state index contributed by atoms with van der Waals surface area (Å²) in [4.78, 5) is 22.5. The van der Waals surface area contributed by atoms with Gasteiger partial charge in [-0.05, 0) is 18.1 Å². The van der Waals surface area contributed by atoms with Crippen molar-refractivity contribution < 1.29 is 14.7 Å². The van der Waals surface area contributed by atoms with Gasteiger partial charge < -0.3 is 10.4 Å². The van der Waals surface area contributed by atoms with Gasteiger partial charge in [0.25, 0.3) is 0 Å². The van der Waals surface area contributed by atoms with E-state index in [0.717, 1.165) is 0 Å².